The van der Waals surface area contributed by atoms with E-state index in [9.17, 15) is 4.79 Å². The molecular formula is C17H15ClN4O2S. The highest BCUT2D eigenvalue weighted by atomic mass is 35.5. The molecule has 8 heteroatoms. The molecule has 2 amide bonds. The molecule has 0 aliphatic rings. The number of urea groups is 1. The molecule has 0 unspecified atom stereocenters. The first-order valence-corrected chi connectivity index (χ1v) is 8.72. The van der Waals surface area contributed by atoms with Crippen molar-refractivity contribution < 1.29 is 9.53 Å². The maximum absolute atomic E-state index is 11.9. The molecule has 0 radical (unpaired) electrons. The molecule has 2 N–H and O–H groups in total. The second-order valence-corrected chi connectivity index (χ2v) is 6.50. The van der Waals surface area contributed by atoms with E-state index in [1.807, 2.05) is 30.3 Å². The molecule has 0 aliphatic heterocycles. The lowest BCUT2D eigenvalue weighted by atomic mass is 10.3. The fraction of sp³-hybridized carbons (Fsp3) is 0.118. The number of amides is 2. The predicted octanol–water partition coefficient (Wildman–Crippen LogP) is 4.46. The van der Waals surface area contributed by atoms with Gasteiger partial charge in [0.1, 0.15) is 10.8 Å². The minimum atomic E-state index is -0.384. The maximum atomic E-state index is 11.9. The Morgan fingerprint density at radius 2 is 1.80 bits per heavy atom. The van der Waals surface area contributed by atoms with Gasteiger partial charge in [0, 0.05) is 17.1 Å². The molecule has 0 saturated carbocycles. The number of rotatable bonds is 6. The van der Waals surface area contributed by atoms with Crippen molar-refractivity contribution in [2.75, 3.05) is 17.2 Å². The number of carbonyl (C=O) groups excluding carboxylic acids is 1. The SMILES string of the molecule is O=C(Nc1ccc(Cl)cc1)Nc1nnc(CCOc2ccccc2)s1. The third kappa shape index (κ3) is 5.44. The van der Waals surface area contributed by atoms with Crippen LogP contribution < -0.4 is 15.4 Å². The van der Waals surface area contributed by atoms with E-state index in [1.54, 1.807) is 24.3 Å². The van der Waals surface area contributed by atoms with Crippen molar-refractivity contribution in [2.24, 2.45) is 0 Å². The largest absolute Gasteiger partial charge is 0.493 e. The van der Waals surface area contributed by atoms with Gasteiger partial charge in [-0.1, -0.05) is 41.1 Å². The van der Waals surface area contributed by atoms with Gasteiger partial charge in [-0.05, 0) is 36.4 Å². The summed E-state index contributed by atoms with van der Waals surface area (Å²) < 4.78 is 5.62. The Kier molecular flexibility index (Phi) is 5.81. The van der Waals surface area contributed by atoms with Crippen LogP contribution in [0.5, 0.6) is 5.75 Å². The number of nitrogens with one attached hydrogen (secondary N) is 2. The third-order valence-electron chi connectivity index (χ3n) is 3.12. The molecule has 0 spiro atoms. The van der Waals surface area contributed by atoms with E-state index < -0.39 is 0 Å². The van der Waals surface area contributed by atoms with Crippen LogP contribution in [0.25, 0.3) is 0 Å². The van der Waals surface area contributed by atoms with Crippen molar-refractivity contribution in [1.29, 1.82) is 0 Å². The number of benzene rings is 2. The minimum Gasteiger partial charge on any atom is -0.493 e. The molecule has 0 fully saturated rings. The number of para-hydroxylation sites is 1. The number of ether oxygens (including phenoxy) is 1. The summed E-state index contributed by atoms with van der Waals surface area (Å²) in [5.41, 5.74) is 0.642. The summed E-state index contributed by atoms with van der Waals surface area (Å²) in [6, 6.07) is 16.0. The number of nitrogens with zero attached hydrogens (tertiary/aromatic N) is 2. The zero-order chi connectivity index (χ0) is 17.5. The van der Waals surface area contributed by atoms with Crippen LogP contribution >= 0.6 is 22.9 Å². The highest BCUT2D eigenvalue weighted by molar-refractivity contribution is 7.15. The van der Waals surface area contributed by atoms with E-state index in [0.29, 0.717) is 28.9 Å². The first kappa shape index (κ1) is 17.2. The average Bonchev–Trinajstić information content (AvgIpc) is 3.05. The molecule has 3 aromatic rings. The first-order valence-electron chi connectivity index (χ1n) is 7.53. The van der Waals surface area contributed by atoms with Crippen LogP contribution in [0, 0.1) is 0 Å². The van der Waals surface area contributed by atoms with E-state index in [2.05, 4.69) is 20.8 Å². The van der Waals surface area contributed by atoms with Crippen molar-refractivity contribution in [2.45, 2.75) is 6.42 Å². The zero-order valence-corrected chi connectivity index (χ0v) is 14.7. The van der Waals surface area contributed by atoms with Crippen LogP contribution in [0.2, 0.25) is 5.02 Å². The Morgan fingerprint density at radius 3 is 2.56 bits per heavy atom. The smallest absolute Gasteiger partial charge is 0.325 e. The first-order chi connectivity index (χ1) is 12.2. The van der Waals surface area contributed by atoms with E-state index >= 15 is 0 Å². The van der Waals surface area contributed by atoms with E-state index in [-0.39, 0.29) is 6.03 Å². The van der Waals surface area contributed by atoms with Gasteiger partial charge in [0.2, 0.25) is 5.13 Å². The van der Waals surface area contributed by atoms with Gasteiger partial charge >= 0.3 is 6.03 Å². The highest BCUT2D eigenvalue weighted by Crippen LogP contribution is 2.18. The minimum absolute atomic E-state index is 0.384. The van der Waals surface area contributed by atoms with Crippen LogP contribution in [0.3, 0.4) is 0 Å². The number of aromatic nitrogens is 2. The van der Waals surface area contributed by atoms with Gasteiger partial charge in [-0.15, -0.1) is 10.2 Å². The van der Waals surface area contributed by atoms with Crippen molar-refractivity contribution in [3.8, 4) is 5.75 Å². The van der Waals surface area contributed by atoms with Gasteiger partial charge < -0.3 is 10.1 Å². The lowest BCUT2D eigenvalue weighted by Crippen LogP contribution is -2.19. The molecular weight excluding hydrogens is 360 g/mol. The summed E-state index contributed by atoms with van der Waals surface area (Å²) in [4.78, 5) is 11.9. The van der Waals surface area contributed by atoms with Crippen LogP contribution in [-0.2, 0) is 6.42 Å². The Hall–Kier alpha value is -2.64. The van der Waals surface area contributed by atoms with Crippen LogP contribution in [-0.4, -0.2) is 22.8 Å². The standard InChI is InChI=1S/C17H15ClN4O2S/c18-12-6-8-13(9-7-12)19-16(23)20-17-22-21-15(25-17)10-11-24-14-4-2-1-3-5-14/h1-9H,10-11H2,(H2,19,20,22,23). The zero-order valence-electron chi connectivity index (χ0n) is 13.1. The monoisotopic (exact) mass is 374 g/mol. The molecule has 2 aromatic carbocycles. The Balaban J connectivity index is 1.46. The summed E-state index contributed by atoms with van der Waals surface area (Å²) in [7, 11) is 0. The van der Waals surface area contributed by atoms with Gasteiger partial charge in [0.05, 0.1) is 6.61 Å². The van der Waals surface area contributed by atoms with Gasteiger partial charge in [0.25, 0.3) is 0 Å². The average molecular weight is 375 g/mol. The van der Waals surface area contributed by atoms with Crippen LogP contribution in [0.4, 0.5) is 15.6 Å². The Morgan fingerprint density at radius 1 is 1.04 bits per heavy atom. The molecule has 3 rings (SSSR count). The summed E-state index contributed by atoms with van der Waals surface area (Å²) in [6.07, 6.45) is 0.618. The third-order valence-corrected chi connectivity index (χ3v) is 4.27. The Bertz CT molecular complexity index is 824. The van der Waals surface area contributed by atoms with Gasteiger partial charge in [0.15, 0.2) is 0 Å². The molecule has 0 saturated heterocycles. The lowest BCUT2D eigenvalue weighted by molar-refractivity contribution is 0.262. The lowest BCUT2D eigenvalue weighted by Gasteiger charge is -2.04. The maximum Gasteiger partial charge on any atom is 0.325 e. The van der Waals surface area contributed by atoms with Crippen molar-refractivity contribution in [3.05, 3.63) is 64.6 Å². The van der Waals surface area contributed by atoms with Gasteiger partial charge in [-0.25, -0.2) is 4.79 Å². The fourth-order valence-corrected chi connectivity index (χ4v) is 2.81. The normalized spacial score (nSPS) is 10.3. The second-order valence-electron chi connectivity index (χ2n) is 5.00. The molecule has 0 bridgehead atoms. The number of hydrogen-bond donors (Lipinski definition) is 2. The van der Waals surface area contributed by atoms with Crippen LogP contribution in [0.1, 0.15) is 5.01 Å². The summed E-state index contributed by atoms with van der Waals surface area (Å²) in [6.45, 7) is 0.496. The summed E-state index contributed by atoms with van der Waals surface area (Å²) in [5, 5.41) is 15.2. The number of hydrogen-bond acceptors (Lipinski definition) is 5. The fourth-order valence-electron chi connectivity index (χ4n) is 1.97. The molecule has 0 aliphatic carbocycles. The molecule has 1 heterocycles. The van der Waals surface area contributed by atoms with Crippen LogP contribution in [0.15, 0.2) is 54.6 Å². The van der Waals surface area contributed by atoms with E-state index in [0.717, 1.165) is 10.8 Å². The van der Waals surface area contributed by atoms with Gasteiger partial charge in [-0.2, -0.15) is 0 Å². The summed E-state index contributed by atoms with van der Waals surface area (Å²) >= 11 is 7.12. The number of carbonyl (C=O) groups is 1. The van der Waals surface area contributed by atoms with Crippen molar-refractivity contribution in [1.82, 2.24) is 10.2 Å². The molecule has 128 valence electrons. The van der Waals surface area contributed by atoms with E-state index in [1.165, 1.54) is 11.3 Å². The quantitative estimate of drug-likeness (QED) is 0.668. The van der Waals surface area contributed by atoms with Crippen molar-refractivity contribution >= 4 is 39.8 Å². The Labute approximate surface area is 153 Å². The van der Waals surface area contributed by atoms with E-state index in [4.69, 9.17) is 16.3 Å². The molecule has 0 atom stereocenters. The summed E-state index contributed by atoms with van der Waals surface area (Å²) in [5.74, 6) is 0.813. The molecule has 1 aromatic heterocycles. The number of anilines is 2. The van der Waals surface area contributed by atoms with Crippen molar-refractivity contribution in [3.63, 3.8) is 0 Å². The molecule has 25 heavy (non-hydrogen) atoms. The topological polar surface area (TPSA) is 76.1 Å². The predicted molar refractivity (Wildman–Crippen MR) is 99.6 cm³/mol. The molecule has 6 nitrogen and oxygen atoms in total. The van der Waals surface area contributed by atoms with Gasteiger partial charge in [-0.3, -0.25) is 5.32 Å². The highest BCUT2D eigenvalue weighted by Gasteiger charge is 2.08. The number of halogens is 1. The second kappa shape index (κ2) is 8.46.